The van der Waals surface area contributed by atoms with E-state index in [1.54, 1.807) is 6.07 Å². The number of benzene rings is 1. The van der Waals surface area contributed by atoms with Crippen molar-refractivity contribution in [3.63, 3.8) is 0 Å². The molecule has 1 aliphatic heterocycles. The molecule has 0 radical (unpaired) electrons. The summed E-state index contributed by atoms with van der Waals surface area (Å²) in [5.74, 6) is -5.08. The molecule has 1 fully saturated rings. The smallest absolute Gasteiger partial charge is 0.255 e. The number of allylic oxidation sites excluding steroid dienone is 2. The minimum atomic E-state index is -1.10. The van der Waals surface area contributed by atoms with Crippen molar-refractivity contribution >= 4 is 28.9 Å². The summed E-state index contributed by atoms with van der Waals surface area (Å²) in [6.45, 7) is 0.807. The Labute approximate surface area is 197 Å². The molecule has 34 heavy (non-hydrogen) atoms. The van der Waals surface area contributed by atoms with E-state index in [4.69, 9.17) is 5.73 Å². The number of ketones is 2. The number of primary amides is 1. The van der Waals surface area contributed by atoms with Crippen molar-refractivity contribution in [2.45, 2.75) is 31.7 Å². The number of Topliss-reactive ketones (excluding diaryl/α,β-unsaturated/α-hetero) is 2. The molecule has 3 unspecified atom stereocenters. The first-order valence-corrected chi connectivity index (χ1v) is 11.5. The Balaban J connectivity index is 1.68. The van der Waals surface area contributed by atoms with Crippen LogP contribution in [0.15, 0.2) is 23.0 Å². The molecule has 5 rings (SSSR count). The molecule has 5 N–H and O–H groups in total. The van der Waals surface area contributed by atoms with Crippen LogP contribution < -0.4 is 10.6 Å². The molecule has 0 bridgehead atoms. The zero-order valence-corrected chi connectivity index (χ0v) is 19.5. The number of nitrogens with zero attached hydrogens (tertiary/aromatic N) is 2. The molecule has 0 spiro atoms. The second kappa shape index (κ2) is 7.59. The van der Waals surface area contributed by atoms with E-state index in [9.17, 15) is 29.7 Å². The van der Waals surface area contributed by atoms with E-state index in [1.165, 1.54) is 0 Å². The molecule has 4 aliphatic rings. The number of carbonyl (C=O) groups is 3. The van der Waals surface area contributed by atoms with Gasteiger partial charge in [-0.1, -0.05) is 0 Å². The number of nitrogens with two attached hydrogens (primary N) is 1. The third-order valence-corrected chi connectivity index (χ3v) is 7.99. The maximum atomic E-state index is 13.5. The maximum Gasteiger partial charge on any atom is 0.255 e. The Bertz CT molecular complexity index is 1210. The summed E-state index contributed by atoms with van der Waals surface area (Å²) in [4.78, 5) is 42.0. The molecule has 9 heteroatoms. The van der Waals surface area contributed by atoms with Crippen LogP contribution in [-0.2, 0) is 20.8 Å². The van der Waals surface area contributed by atoms with Crippen LogP contribution in [0, 0.1) is 17.8 Å². The largest absolute Gasteiger partial charge is 0.511 e. The number of fused-ring (bicyclic) bond motifs is 5. The van der Waals surface area contributed by atoms with Crippen molar-refractivity contribution in [1.82, 2.24) is 4.90 Å². The number of carbonyl (C=O) groups excluding carboxylic acids is 3. The van der Waals surface area contributed by atoms with E-state index < -0.39 is 40.6 Å². The van der Waals surface area contributed by atoms with Crippen molar-refractivity contribution in [2.75, 3.05) is 32.6 Å². The molecule has 180 valence electrons. The van der Waals surface area contributed by atoms with Crippen molar-refractivity contribution in [2.24, 2.45) is 23.5 Å². The van der Waals surface area contributed by atoms with Gasteiger partial charge in [0.15, 0.2) is 11.6 Å². The van der Waals surface area contributed by atoms with Gasteiger partial charge in [-0.2, -0.15) is 0 Å². The third-order valence-electron chi connectivity index (χ3n) is 7.99. The zero-order chi connectivity index (χ0) is 24.6. The second-order valence-corrected chi connectivity index (χ2v) is 10.1. The molecule has 9 nitrogen and oxygen atoms in total. The van der Waals surface area contributed by atoms with Crippen molar-refractivity contribution in [1.29, 1.82) is 0 Å². The number of rotatable bonds is 2. The Morgan fingerprint density at radius 2 is 1.88 bits per heavy atom. The van der Waals surface area contributed by atoms with Crippen LogP contribution in [0.25, 0.3) is 5.76 Å². The number of aliphatic hydroxyl groups is 2. The molecule has 1 aromatic rings. The van der Waals surface area contributed by atoms with Crippen LogP contribution in [0.4, 0.5) is 5.69 Å². The number of amides is 1. The second-order valence-electron chi connectivity index (χ2n) is 10.1. The monoisotopic (exact) mass is 467 g/mol. The predicted octanol–water partition coefficient (Wildman–Crippen LogP) is 1.75. The summed E-state index contributed by atoms with van der Waals surface area (Å²) in [6.07, 6.45) is 1.65. The van der Waals surface area contributed by atoms with Gasteiger partial charge in [0.25, 0.3) is 5.91 Å². The number of anilines is 1. The highest BCUT2D eigenvalue weighted by atomic mass is 16.3. The van der Waals surface area contributed by atoms with E-state index in [1.807, 2.05) is 21.1 Å². The van der Waals surface area contributed by atoms with Gasteiger partial charge in [-0.3, -0.25) is 14.4 Å². The fourth-order valence-electron chi connectivity index (χ4n) is 6.55. The van der Waals surface area contributed by atoms with E-state index in [0.717, 1.165) is 29.8 Å². The van der Waals surface area contributed by atoms with Gasteiger partial charge in [0.05, 0.1) is 11.5 Å². The molecule has 3 aliphatic carbocycles. The van der Waals surface area contributed by atoms with Gasteiger partial charge in [-0.15, -0.1) is 0 Å². The fraction of sp³-hybridized carbons (Fsp3) is 0.480. The minimum Gasteiger partial charge on any atom is -0.511 e. The first kappa shape index (κ1) is 22.5. The van der Waals surface area contributed by atoms with Gasteiger partial charge in [-0.05, 0) is 62.4 Å². The summed E-state index contributed by atoms with van der Waals surface area (Å²) in [6, 6.07) is 1.78. The molecule has 1 aromatic carbocycles. The molecular formula is C25H29N3O6. The molecule has 0 saturated heterocycles. The lowest BCUT2D eigenvalue weighted by atomic mass is 9.61. The summed E-state index contributed by atoms with van der Waals surface area (Å²) in [7, 11) is 5.96. The van der Waals surface area contributed by atoms with E-state index in [0.29, 0.717) is 12.8 Å². The van der Waals surface area contributed by atoms with Crippen LogP contribution in [0.5, 0.6) is 5.75 Å². The SMILES string of the molecule is CN1CCC(N(C)C)c2cc(O)c3c(c21)CC1C[C@H]2CC(=O)C(C(N)=O)=C(O)C2C(=O)C1=C3O. The number of aliphatic hydroxyl groups excluding tert-OH is 2. The lowest BCUT2D eigenvalue weighted by Gasteiger charge is -2.43. The third kappa shape index (κ3) is 2.99. The highest BCUT2D eigenvalue weighted by molar-refractivity contribution is 6.21. The number of hydrogen-bond acceptors (Lipinski definition) is 8. The van der Waals surface area contributed by atoms with Crippen molar-refractivity contribution in [3.05, 3.63) is 39.7 Å². The lowest BCUT2D eigenvalue weighted by molar-refractivity contribution is -0.127. The molecule has 4 atom stereocenters. The van der Waals surface area contributed by atoms with Crippen LogP contribution in [-0.4, -0.2) is 65.4 Å². The van der Waals surface area contributed by atoms with Crippen LogP contribution in [0.2, 0.25) is 0 Å². The minimum absolute atomic E-state index is 0.0586. The van der Waals surface area contributed by atoms with E-state index in [2.05, 4.69) is 9.80 Å². The average molecular weight is 468 g/mol. The Morgan fingerprint density at radius 3 is 2.53 bits per heavy atom. The normalized spacial score (nSPS) is 28.5. The summed E-state index contributed by atoms with van der Waals surface area (Å²) in [5, 5.41) is 32.9. The number of aromatic hydroxyl groups is 1. The number of phenolic OH excluding ortho intramolecular Hbond substituents is 1. The highest BCUT2D eigenvalue weighted by Gasteiger charge is 2.51. The molecular weight excluding hydrogens is 438 g/mol. The maximum absolute atomic E-state index is 13.5. The molecule has 1 heterocycles. The number of hydrogen-bond donors (Lipinski definition) is 4. The van der Waals surface area contributed by atoms with E-state index >= 15 is 0 Å². The summed E-state index contributed by atoms with van der Waals surface area (Å²) >= 11 is 0. The standard InChI is InChI=1S/C25H29N3O6/c1-27(2)14-4-5-28(3)21-12(14)9-16(30)19-13(21)7-10-6-11-8-15(29)20(25(26)34)24(33)18(11)22(31)17(10)23(19)32/h9-11,14,18,30,32-33H,4-8H2,1-3H3,(H2,26,34)/t10?,11-,14?,18?/m0/s1. The molecule has 1 saturated carbocycles. The van der Waals surface area contributed by atoms with Crippen LogP contribution >= 0.6 is 0 Å². The first-order valence-electron chi connectivity index (χ1n) is 11.5. The van der Waals surface area contributed by atoms with Gasteiger partial charge in [0, 0.05) is 37.3 Å². The average Bonchev–Trinajstić information content (AvgIpc) is 2.72. The van der Waals surface area contributed by atoms with Crippen LogP contribution in [0.1, 0.15) is 42.0 Å². The van der Waals surface area contributed by atoms with Gasteiger partial charge in [-0.25, -0.2) is 0 Å². The van der Waals surface area contributed by atoms with Crippen LogP contribution in [0.3, 0.4) is 0 Å². The highest BCUT2D eigenvalue weighted by Crippen LogP contribution is 2.53. The van der Waals surface area contributed by atoms with Gasteiger partial charge < -0.3 is 30.9 Å². The van der Waals surface area contributed by atoms with E-state index in [-0.39, 0.29) is 41.0 Å². The quantitative estimate of drug-likeness (QED) is 0.482. The zero-order valence-electron chi connectivity index (χ0n) is 19.5. The van der Waals surface area contributed by atoms with Gasteiger partial charge >= 0.3 is 0 Å². The Morgan fingerprint density at radius 1 is 1.18 bits per heavy atom. The summed E-state index contributed by atoms with van der Waals surface area (Å²) < 4.78 is 0. The predicted molar refractivity (Wildman–Crippen MR) is 124 cm³/mol. The van der Waals surface area contributed by atoms with Gasteiger partial charge in [0.1, 0.15) is 22.8 Å². The summed E-state index contributed by atoms with van der Waals surface area (Å²) in [5.41, 5.74) is 7.85. The number of phenols is 1. The Hall–Kier alpha value is -3.33. The topological polar surface area (TPSA) is 144 Å². The first-order chi connectivity index (χ1) is 16.0. The lowest BCUT2D eigenvalue weighted by Crippen LogP contribution is -2.45. The molecule has 1 amide bonds. The fourth-order valence-corrected chi connectivity index (χ4v) is 6.55. The van der Waals surface area contributed by atoms with Gasteiger partial charge in [0.2, 0.25) is 0 Å². The Kier molecular flexibility index (Phi) is 5.02. The van der Waals surface area contributed by atoms with Crippen molar-refractivity contribution < 1.29 is 29.7 Å². The molecule has 0 aromatic heterocycles. The van der Waals surface area contributed by atoms with Crippen molar-refractivity contribution in [3.8, 4) is 5.75 Å².